The molecule has 0 fully saturated rings. The van der Waals surface area contributed by atoms with E-state index < -0.39 is 5.60 Å². The van der Waals surface area contributed by atoms with Crippen molar-refractivity contribution >= 4 is 27.5 Å². The molecule has 1 amide bonds. The van der Waals surface area contributed by atoms with Crippen LogP contribution in [0.25, 0.3) is 20.5 Å². The first-order chi connectivity index (χ1) is 14.3. The molecule has 0 aliphatic carbocycles. The standard InChI is InChI=1S/C25H31NO3S/c1-6-18-16-20(23-17-19-10-7-8-11-22(19)30-23)12-13-21(18)28-15-9-14-26(5)24(27)29-25(2,3)4/h7-8,10-13,16-17H,6,9,14-15H2,1-5H3. The molecule has 160 valence electrons. The average Bonchev–Trinajstić information content (AvgIpc) is 3.14. The van der Waals surface area contributed by atoms with E-state index in [0.29, 0.717) is 13.2 Å². The van der Waals surface area contributed by atoms with Crippen LogP contribution in [0, 0.1) is 0 Å². The lowest BCUT2D eigenvalue weighted by Gasteiger charge is -2.24. The Balaban J connectivity index is 1.58. The fourth-order valence-electron chi connectivity index (χ4n) is 3.19. The largest absolute Gasteiger partial charge is 0.493 e. The van der Waals surface area contributed by atoms with Crippen LogP contribution in [0.15, 0.2) is 48.5 Å². The van der Waals surface area contributed by atoms with E-state index in [-0.39, 0.29) is 6.09 Å². The number of benzene rings is 2. The van der Waals surface area contributed by atoms with E-state index >= 15 is 0 Å². The quantitative estimate of drug-likeness (QED) is 0.392. The first-order valence-electron chi connectivity index (χ1n) is 10.5. The summed E-state index contributed by atoms with van der Waals surface area (Å²) in [5.41, 5.74) is 1.95. The maximum Gasteiger partial charge on any atom is 0.410 e. The van der Waals surface area contributed by atoms with Gasteiger partial charge in [0, 0.05) is 23.2 Å². The number of rotatable bonds is 7. The summed E-state index contributed by atoms with van der Waals surface area (Å²) in [6.45, 7) is 8.91. The molecule has 0 saturated heterocycles. The molecule has 0 aliphatic heterocycles. The third-order valence-electron chi connectivity index (χ3n) is 4.75. The lowest BCUT2D eigenvalue weighted by molar-refractivity contribution is 0.0292. The van der Waals surface area contributed by atoms with Crippen molar-refractivity contribution in [2.24, 2.45) is 0 Å². The van der Waals surface area contributed by atoms with E-state index in [1.807, 2.05) is 32.1 Å². The van der Waals surface area contributed by atoms with Crippen LogP contribution in [0.5, 0.6) is 5.75 Å². The number of thiophene rings is 1. The second-order valence-corrected chi connectivity index (χ2v) is 9.51. The van der Waals surface area contributed by atoms with Crippen molar-refractivity contribution in [3.05, 3.63) is 54.1 Å². The van der Waals surface area contributed by atoms with Gasteiger partial charge in [-0.25, -0.2) is 4.79 Å². The van der Waals surface area contributed by atoms with Crippen molar-refractivity contribution in [2.45, 2.75) is 46.1 Å². The highest BCUT2D eigenvalue weighted by atomic mass is 32.1. The summed E-state index contributed by atoms with van der Waals surface area (Å²) in [5.74, 6) is 0.919. The third-order valence-corrected chi connectivity index (χ3v) is 5.92. The Morgan fingerprint density at radius 2 is 1.87 bits per heavy atom. The highest BCUT2D eigenvalue weighted by molar-refractivity contribution is 7.22. The molecule has 0 unspecified atom stereocenters. The minimum Gasteiger partial charge on any atom is -0.493 e. The van der Waals surface area contributed by atoms with Crippen molar-refractivity contribution < 1.29 is 14.3 Å². The van der Waals surface area contributed by atoms with Gasteiger partial charge in [0.2, 0.25) is 0 Å². The maximum absolute atomic E-state index is 12.0. The summed E-state index contributed by atoms with van der Waals surface area (Å²) in [6.07, 6.45) is 1.35. The van der Waals surface area contributed by atoms with E-state index in [2.05, 4.69) is 55.5 Å². The van der Waals surface area contributed by atoms with Crippen molar-refractivity contribution in [2.75, 3.05) is 20.2 Å². The molecule has 0 N–H and O–H groups in total. The topological polar surface area (TPSA) is 38.8 Å². The normalized spacial score (nSPS) is 11.5. The molecule has 3 rings (SSSR count). The zero-order chi connectivity index (χ0) is 21.7. The molecular weight excluding hydrogens is 394 g/mol. The van der Waals surface area contributed by atoms with Gasteiger partial charge in [-0.05, 0) is 80.5 Å². The van der Waals surface area contributed by atoms with E-state index in [1.165, 1.54) is 26.1 Å². The number of carbonyl (C=O) groups excluding carboxylic acids is 1. The smallest absolute Gasteiger partial charge is 0.410 e. The number of ether oxygens (including phenoxy) is 2. The van der Waals surface area contributed by atoms with Crippen LogP contribution in [-0.2, 0) is 11.2 Å². The highest BCUT2D eigenvalue weighted by Gasteiger charge is 2.19. The molecule has 0 aliphatic rings. The fraction of sp³-hybridized carbons (Fsp3) is 0.400. The van der Waals surface area contributed by atoms with E-state index in [4.69, 9.17) is 9.47 Å². The van der Waals surface area contributed by atoms with Crippen LogP contribution >= 0.6 is 11.3 Å². The van der Waals surface area contributed by atoms with Crippen LogP contribution in [0.4, 0.5) is 4.79 Å². The predicted octanol–water partition coefficient (Wildman–Crippen LogP) is 6.77. The summed E-state index contributed by atoms with van der Waals surface area (Å²) in [4.78, 5) is 14.9. The summed E-state index contributed by atoms with van der Waals surface area (Å²) in [6, 6.07) is 17.2. The predicted molar refractivity (Wildman–Crippen MR) is 126 cm³/mol. The summed E-state index contributed by atoms with van der Waals surface area (Å²) < 4.78 is 12.7. The Morgan fingerprint density at radius 3 is 2.57 bits per heavy atom. The lowest BCUT2D eigenvalue weighted by Crippen LogP contribution is -2.35. The van der Waals surface area contributed by atoms with Crippen LogP contribution in [-0.4, -0.2) is 36.8 Å². The van der Waals surface area contributed by atoms with E-state index in [0.717, 1.165) is 18.6 Å². The molecule has 0 bridgehead atoms. The second kappa shape index (κ2) is 9.52. The summed E-state index contributed by atoms with van der Waals surface area (Å²) in [5, 5.41) is 1.28. The van der Waals surface area contributed by atoms with Gasteiger partial charge in [-0.1, -0.05) is 25.1 Å². The third kappa shape index (κ3) is 5.76. The summed E-state index contributed by atoms with van der Waals surface area (Å²) >= 11 is 1.82. The Kier molecular flexibility index (Phi) is 7.03. The first kappa shape index (κ1) is 22.2. The molecule has 4 nitrogen and oxygen atoms in total. The molecule has 5 heteroatoms. The molecule has 3 aromatic rings. The minimum atomic E-state index is -0.478. The Morgan fingerprint density at radius 1 is 1.10 bits per heavy atom. The number of hydrogen-bond donors (Lipinski definition) is 0. The van der Waals surface area contributed by atoms with Crippen molar-refractivity contribution in [3.63, 3.8) is 0 Å². The minimum absolute atomic E-state index is 0.301. The maximum atomic E-state index is 12.0. The van der Waals surface area contributed by atoms with Gasteiger partial charge in [0.25, 0.3) is 0 Å². The Bertz CT molecular complexity index is 970. The van der Waals surface area contributed by atoms with Crippen LogP contribution < -0.4 is 4.74 Å². The van der Waals surface area contributed by atoms with Gasteiger partial charge in [-0.3, -0.25) is 0 Å². The van der Waals surface area contributed by atoms with Gasteiger partial charge in [0.15, 0.2) is 0 Å². The van der Waals surface area contributed by atoms with Crippen LogP contribution in [0.1, 0.15) is 39.7 Å². The van der Waals surface area contributed by atoms with Crippen molar-refractivity contribution in [1.29, 1.82) is 0 Å². The van der Waals surface area contributed by atoms with E-state index in [9.17, 15) is 4.79 Å². The van der Waals surface area contributed by atoms with Gasteiger partial charge < -0.3 is 14.4 Å². The Hall–Kier alpha value is -2.53. The SMILES string of the molecule is CCc1cc(-c2cc3ccccc3s2)ccc1OCCCN(C)C(=O)OC(C)(C)C. The molecular formula is C25H31NO3S. The zero-order valence-corrected chi connectivity index (χ0v) is 19.3. The van der Waals surface area contributed by atoms with Crippen molar-refractivity contribution in [1.82, 2.24) is 4.90 Å². The van der Waals surface area contributed by atoms with Gasteiger partial charge in [0.1, 0.15) is 11.4 Å². The highest BCUT2D eigenvalue weighted by Crippen LogP contribution is 2.35. The molecule has 1 aromatic heterocycles. The van der Waals surface area contributed by atoms with E-state index in [1.54, 1.807) is 11.9 Å². The van der Waals surface area contributed by atoms with Crippen molar-refractivity contribution in [3.8, 4) is 16.2 Å². The molecule has 0 spiro atoms. The van der Waals surface area contributed by atoms with Gasteiger partial charge >= 0.3 is 6.09 Å². The lowest BCUT2D eigenvalue weighted by atomic mass is 10.1. The summed E-state index contributed by atoms with van der Waals surface area (Å²) in [7, 11) is 1.76. The Labute approximate surface area is 183 Å². The number of carbonyl (C=O) groups is 1. The molecule has 0 saturated carbocycles. The van der Waals surface area contributed by atoms with Crippen LogP contribution in [0.2, 0.25) is 0 Å². The second-order valence-electron chi connectivity index (χ2n) is 8.43. The number of fused-ring (bicyclic) bond motifs is 1. The monoisotopic (exact) mass is 425 g/mol. The number of hydrogen-bond acceptors (Lipinski definition) is 4. The number of aryl methyl sites for hydroxylation is 1. The first-order valence-corrected chi connectivity index (χ1v) is 11.3. The molecule has 1 heterocycles. The molecule has 0 atom stereocenters. The number of amides is 1. The molecule has 0 radical (unpaired) electrons. The van der Waals surface area contributed by atoms with Crippen LogP contribution in [0.3, 0.4) is 0 Å². The zero-order valence-electron chi connectivity index (χ0n) is 18.5. The fourth-order valence-corrected chi connectivity index (χ4v) is 4.25. The van der Waals surface area contributed by atoms with Gasteiger partial charge in [-0.15, -0.1) is 11.3 Å². The molecule has 30 heavy (non-hydrogen) atoms. The number of nitrogens with zero attached hydrogens (tertiary/aromatic N) is 1. The molecule has 2 aromatic carbocycles. The van der Waals surface area contributed by atoms with Gasteiger partial charge in [-0.2, -0.15) is 0 Å². The van der Waals surface area contributed by atoms with Gasteiger partial charge in [0.05, 0.1) is 6.61 Å². The average molecular weight is 426 g/mol.